The first-order valence-electron chi connectivity index (χ1n) is 7.44. The highest BCUT2D eigenvalue weighted by Gasteiger charge is 2.50. The Morgan fingerprint density at radius 1 is 1.32 bits per heavy atom. The van der Waals surface area contributed by atoms with Crippen LogP contribution in [-0.4, -0.2) is 45.6 Å². The lowest BCUT2D eigenvalue weighted by atomic mass is 9.81. The fourth-order valence-corrected chi connectivity index (χ4v) is 3.77. The molecule has 0 bridgehead atoms. The van der Waals surface area contributed by atoms with E-state index in [1.54, 1.807) is 22.1 Å². The van der Waals surface area contributed by atoms with Crippen molar-refractivity contribution in [2.24, 2.45) is 0 Å². The van der Waals surface area contributed by atoms with E-state index in [-0.39, 0.29) is 18.1 Å². The Morgan fingerprint density at radius 3 is 2.64 bits per heavy atom. The molecule has 2 fully saturated rings. The predicted molar refractivity (Wildman–Crippen MR) is 84.8 cm³/mol. The quantitative estimate of drug-likeness (QED) is 0.833. The molecule has 3 rings (SSSR count). The van der Waals surface area contributed by atoms with Gasteiger partial charge >= 0.3 is 12.0 Å². The minimum atomic E-state index is -0.964. The van der Waals surface area contributed by atoms with E-state index in [9.17, 15) is 9.59 Å². The van der Waals surface area contributed by atoms with Gasteiger partial charge in [-0.1, -0.05) is 19.3 Å². The molecule has 1 aliphatic carbocycles. The van der Waals surface area contributed by atoms with E-state index >= 15 is 0 Å². The summed E-state index contributed by atoms with van der Waals surface area (Å²) in [7, 11) is 0. The van der Waals surface area contributed by atoms with Gasteiger partial charge in [0.2, 0.25) is 0 Å². The highest BCUT2D eigenvalue weighted by molar-refractivity contribution is 9.10. The van der Waals surface area contributed by atoms with Gasteiger partial charge in [-0.05, 0) is 40.9 Å². The Kier molecular flexibility index (Phi) is 4.08. The minimum absolute atomic E-state index is 0.228. The number of aromatic nitrogens is 1. The van der Waals surface area contributed by atoms with Crippen LogP contribution in [0.15, 0.2) is 22.9 Å². The lowest BCUT2D eigenvalue weighted by molar-refractivity contribution is -0.138. The van der Waals surface area contributed by atoms with Crippen molar-refractivity contribution in [3.8, 4) is 0 Å². The van der Waals surface area contributed by atoms with Crippen LogP contribution in [0.5, 0.6) is 0 Å². The van der Waals surface area contributed by atoms with Crippen LogP contribution in [0.1, 0.15) is 32.1 Å². The lowest BCUT2D eigenvalue weighted by Crippen LogP contribution is -2.50. The van der Waals surface area contributed by atoms with Gasteiger partial charge in [0.25, 0.3) is 0 Å². The predicted octanol–water partition coefficient (Wildman–Crippen LogP) is 2.87. The van der Waals surface area contributed by atoms with Gasteiger partial charge < -0.3 is 10.0 Å². The van der Waals surface area contributed by atoms with Crippen LogP contribution < -0.4 is 4.90 Å². The summed E-state index contributed by atoms with van der Waals surface area (Å²) in [5.74, 6) is -0.964. The van der Waals surface area contributed by atoms with Crippen molar-refractivity contribution in [3.63, 3.8) is 0 Å². The van der Waals surface area contributed by atoms with Crippen molar-refractivity contribution in [3.05, 3.63) is 22.9 Å². The highest BCUT2D eigenvalue weighted by Crippen LogP contribution is 2.40. The van der Waals surface area contributed by atoms with Crippen LogP contribution in [0.25, 0.3) is 0 Å². The number of rotatable bonds is 3. The lowest BCUT2D eigenvalue weighted by Gasteiger charge is -2.39. The number of pyridine rings is 1. The van der Waals surface area contributed by atoms with Gasteiger partial charge in [-0.3, -0.25) is 9.69 Å². The third-order valence-electron chi connectivity index (χ3n) is 4.59. The smallest absolute Gasteiger partial charge is 0.325 e. The zero-order chi connectivity index (χ0) is 15.7. The number of hydrogen-bond donors (Lipinski definition) is 1. The maximum Gasteiger partial charge on any atom is 0.325 e. The molecule has 2 heterocycles. The molecule has 1 spiro atoms. The fourth-order valence-electron chi connectivity index (χ4n) is 3.53. The van der Waals surface area contributed by atoms with Crippen molar-refractivity contribution in [2.75, 3.05) is 18.0 Å². The first kappa shape index (κ1) is 15.3. The average Bonchev–Trinajstić information content (AvgIpc) is 2.74. The van der Waals surface area contributed by atoms with Crippen molar-refractivity contribution >= 4 is 33.6 Å². The number of carboxylic acids is 1. The molecule has 2 amide bonds. The Balaban J connectivity index is 1.92. The summed E-state index contributed by atoms with van der Waals surface area (Å²) in [5, 5.41) is 9.17. The van der Waals surface area contributed by atoms with Crippen LogP contribution in [0.3, 0.4) is 0 Å². The molecule has 1 saturated heterocycles. The second kappa shape index (κ2) is 5.87. The van der Waals surface area contributed by atoms with Crippen molar-refractivity contribution < 1.29 is 14.7 Å². The van der Waals surface area contributed by atoms with E-state index in [1.807, 2.05) is 6.07 Å². The van der Waals surface area contributed by atoms with Gasteiger partial charge in [0.15, 0.2) is 0 Å². The standard InChI is InChI=1S/C15H18BrN3O3/c16-12-5-4-11(8-17-12)18-10-15(6-2-1-3-7-15)19(14(18)22)9-13(20)21/h4-5,8H,1-3,6-7,9-10H2,(H,20,21). The fraction of sp³-hybridized carbons (Fsp3) is 0.533. The van der Waals surface area contributed by atoms with E-state index in [4.69, 9.17) is 5.11 Å². The molecule has 0 radical (unpaired) electrons. The monoisotopic (exact) mass is 367 g/mol. The SMILES string of the molecule is O=C(O)CN1C(=O)N(c2ccc(Br)nc2)CC12CCCCC2. The topological polar surface area (TPSA) is 73.7 Å². The molecule has 22 heavy (non-hydrogen) atoms. The molecule has 7 heteroatoms. The molecule has 0 atom stereocenters. The molecule has 0 unspecified atom stereocenters. The summed E-state index contributed by atoms with van der Waals surface area (Å²) in [6.07, 6.45) is 6.60. The third kappa shape index (κ3) is 2.69. The maximum absolute atomic E-state index is 12.7. The summed E-state index contributed by atoms with van der Waals surface area (Å²) in [6.45, 7) is 0.307. The molecule has 1 N–H and O–H groups in total. The van der Waals surface area contributed by atoms with Crippen molar-refractivity contribution in [1.29, 1.82) is 0 Å². The molecule has 118 valence electrons. The third-order valence-corrected chi connectivity index (χ3v) is 5.06. The van der Waals surface area contributed by atoms with Crippen molar-refractivity contribution in [2.45, 2.75) is 37.6 Å². The van der Waals surface area contributed by atoms with Gasteiger partial charge in [0.05, 0.1) is 24.0 Å². The number of carbonyl (C=O) groups is 2. The van der Waals surface area contributed by atoms with Gasteiger partial charge in [0, 0.05) is 0 Å². The summed E-state index contributed by atoms with van der Waals surface area (Å²) in [6, 6.07) is 3.39. The number of halogens is 1. The first-order chi connectivity index (χ1) is 10.5. The van der Waals surface area contributed by atoms with Crippen LogP contribution in [0.4, 0.5) is 10.5 Å². The molecule has 1 saturated carbocycles. The molecular weight excluding hydrogens is 350 g/mol. The van der Waals surface area contributed by atoms with Crippen LogP contribution >= 0.6 is 15.9 Å². The second-order valence-corrected chi connectivity index (χ2v) is 6.79. The number of aliphatic carboxylic acids is 1. The van der Waals surface area contributed by atoms with E-state index in [0.717, 1.165) is 32.1 Å². The van der Waals surface area contributed by atoms with Gasteiger partial charge in [-0.25, -0.2) is 9.78 Å². The normalized spacial score (nSPS) is 20.7. The van der Waals surface area contributed by atoms with Crippen molar-refractivity contribution in [1.82, 2.24) is 9.88 Å². The largest absolute Gasteiger partial charge is 0.480 e. The maximum atomic E-state index is 12.7. The summed E-state index contributed by atoms with van der Waals surface area (Å²) < 4.78 is 0.706. The van der Waals surface area contributed by atoms with Crippen LogP contribution in [-0.2, 0) is 4.79 Å². The van der Waals surface area contributed by atoms with E-state index in [1.165, 1.54) is 0 Å². The molecule has 1 aromatic rings. The van der Waals surface area contributed by atoms with Gasteiger partial charge in [0.1, 0.15) is 11.1 Å². The zero-order valence-corrected chi connectivity index (χ0v) is 13.8. The molecular formula is C15H18BrN3O3. The van der Waals surface area contributed by atoms with Crippen LogP contribution in [0, 0.1) is 0 Å². The molecule has 2 aliphatic rings. The number of carbonyl (C=O) groups excluding carboxylic acids is 1. The Bertz CT molecular complexity index is 584. The molecule has 0 aromatic carbocycles. The molecule has 1 aliphatic heterocycles. The van der Waals surface area contributed by atoms with E-state index < -0.39 is 5.97 Å². The number of anilines is 1. The Labute approximate surface area is 137 Å². The number of amides is 2. The molecule has 6 nitrogen and oxygen atoms in total. The number of urea groups is 1. The number of hydrogen-bond acceptors (Lipinski definition) is 3. The first-order valence-corrected chi connectivity index (χ1v) is 8.24. The highest BCUT2D eigenvalue weighted by atomic mass is 79.9. The minimum Gasteiger partial charge on any atom is -0.480 e. The van der Waals surface area contributed by atoms with Crippen LogP contribution in [0.2, 0.25) is 0 Å². The number of carboxylic acid groups (broad SMARTS) is 1. The van der Waals surface area contributed by atoms with E-state index in [0.29, 0.717) is 16.8 Å². The Morgan fingerprint density at radius 2 is 2.05 bits per heavy atom. The Hall–Kier alpha value is -1.63. The summed E-state index contributed by atoms with van der Waals surface area (Å²) >= 11 is 3.28. The van der Waals surface area contributed by atoms with Gasteiger partial charge in [-0.2, -0.15) is 0 Å². The van der Waals surface area contributed by atoms with Gasteiger partial charge in [-0.15, -0.1) is 0 Å². The average molecular weight is 368 g/mol. The summed E-state index contributed by atoms with van der Waals surface area (Å²) in [5.41, 5.74) is 0.367. The van der Waals surface area contributed by atoms with E-state index in [2.05, 4.69) is 20.9 Å². The zero-order valence-electron chi connectivity index (χ0n) is 12.2. The summed E-state index contributed by atoms with van der Waals surface area (Å²) in [4.78, 5) is 31.3. The molecule has 1 aromatic heterocycles. The second-order valence-electron chi connectivity index (χ2n) is 5.97. The number of nitrogens with zero attached hydrogens (tertiary/aromatic N) is 3.